The molecule has 0 saturated carbocycles. The molecule has 0 aromatic carbocycles. The minimum Gasteiger partial charge on any atom is -0.390 e. The van der Waals surface area contributed by atoms with Crippen molar-refractivity contribution >= 4 is 11.8 Å². The van der Waals surface area contributed by atoms with Crippen LogP contribution in [-0.2, 0) is 9.59 Å². The Hall–Kier alpha value is -1.44. The maximum Gasteiger partial charge on any atom is 0.247 e. The maximum absolute atomic E-state index is 11.6. The minimum absolute atomic E-state index is 0.0390. The van der Waals surface area contributed by atoms with Gasteiger partial charge in [0.15, 0.2) is 0 Å². The standard InChI is InChI=1S/C10H17N3O4/c11-6-3-5(4-7(14)9(6)16)10(17)13-2-1-8(12)15/h3,6-7,9,14,16H,1-2,4,11H2,(H2,12,15)(H,13,17)/t6-,7-,9-/m1/s1. The monoisotopic (exact) mass is 243 g/mol. The van der Waals surface area contributed by atoms with Gasteiger partial charge in [0.05, 0.1) is 18.2 Å². The fourth-order valence-electron chi connectivity index (χ4n) is 1.58. The maximum atomic E-state index is 11.6. The van der Waals surface area contributed by atoms with E-state index < -0.39 is 30.1 Å². The van der Waals surface area contributed by atoms with Crippen molar-refractivity contribution < 1.29 is 19.8 Å². The first-order chi connectivity index (χ1) is 7.91. The second kappa shape index (κ2) is 5.76. The van der Waals surface area contributed by atoms with E-state index in [2.05, 4.69) is 5.32 Å². The number of aliphatic hydroxyl groups is 2. The first-order valence-electron chi connectivity index (χ1n) is 5.30. The summed E-state index contributed by atoms with van der Waals surface area (Å²) in [5, 5.41) is 21.3. The zero-order chi connectivity index (χ0) is 13.0. The van der Waals surface area contributed by atoms with Gasteiger partial charge in [0, 0.05) is 25.0 Å². The smallest absolute Gasteiger partial charge is 0.247 e. The summed E-state index contributed by atoms with van der Waals surface area (Å²) in [5.41, 5.74) is 10.8. The van der Waals surface area contributed by atoms with Gasteiger partial charge in [-0.25, -0.2) is 0 Å². The van der Waals surface area contributed by atoms with Crippen molar-refractivity contribution in [3.05, 3.63) is 11.6 Å². The van der Waals surface area contributed by atoms with Crippen LogP contribution in [0.15, 0.2) is 11.6 Å². The van der Waals surface area contributed by atoms with E-state index in [9.17, 15) is 19.8 Å². The Labute approximate surface area is 98.5 Å². The van der Waals surface area contributed by atoms with Crippen LogP contribution < -0.4 is 16.8 Å². The van der Waals surface area contributed by atoms with Gasteiger partial charge in [-0.1, -0.05) is 6.08 Å². The highest BCUT2D eigenvalue weighted by Crippen LogP contribution is 2.18. The number of amides is 2. The van der Waals surface area contributed by atoms with Crippen molar-refractivity contribution in [3.8, 4) is 0 Å². The number of carbonyl (C=O) groups is 2. The van der Waals surface area contributed by atoms with Crippen molar-refractivity contribution in [1.29, 1.82) is 0 Å². The third kappa shape index (κ3) is 3.81. The van der Waals surface area contributed by atoms with E-state index in [-0.39, 0.29) is 19.4 Å². The highest BCUT2D eigenvalue weighted by atomic mass is 16.3. The molecule has 1 aliphatic carbocycles. The predicted octanol–water partition coefficient (Wildman–Crippen LogP) is -2.64. The van der Waals surface area contributed by atoms with Crippen molar-refractivity contribution in [1.82, 2.24) is 5.32 Å². The van der Waals surface area contributed by atoms with Gasteiger partial charge in [0.25, 0.3) is 0 Å². The molecule has 0 aromatic rings. The van der Waals surface area contributed by atoms with E-state index in [4.69, 9.17) is 11.5 Å². The molecule has 0 saturated heterocycles. The van der Waals surface area contributed by atoms with Crippen LogP contribution in [-0.4, -0.2) is 46.8 Å². The number of hydrogen-bond acceptors (Lipinski definition) is 5. The Bertz CT molecular complexity index is 342. The van der Waals surface area contributed by atoms with E-state index in [0.717, 1.165) is 0 Å². The predicted molar refractivity (Wildman–Crippen MR) is 59.5 cm³/mol. The third-order valence-corrected chi connectivity index (χ3v) is 2.56. The van der Waals surface area contributed by atoms with Crippen LogP contribution in [0.25, 0.3) is 0 Å². The molecule has 0 heterocycles. The molecule has 96 valence electrons. The molecule has 0 aromatic heterocycles. The van der Waals surface area contributed by atoms with E-state index in [1.54, 1.807) is 0 Å². The highest BCUT2D eigenvalue weighted by molar-refractivity contribution is 5.94. The number of hydrogen-bond donors (Lipinski definition) is 5. The molecule has 0 fully saturated rings. The summed E-state index contributed by atoms with van der Waals surface area (Å²) in [6.45, 7) is 0.138. The number of aliphatic hydroxyl groups excluding tert-OH is 2. The molecule has 0 aliphatic heterocycles. The zero-order valence-corrected chi connectivity index (χ0v) is 9.30. The SMILES string of the molecule is NC(=O)CCNC(=O)C1=C[C@@H](N)[C@@H](O)[C@H](O)C1. The van der Waals surface area contributed by atoms with Crippen LogP contribution in [0.1, 0.15) is 12.8 Å². The number of nitrogens with one attached hydrogen (secondary N) is 1. The first-order valence-corrected chi connectivity index (χ1v) is 5.30. The molecule has 0 radical (unpaired) electrons. The van der Waals surface area contributed by atoms with E-state index in [0.29, 0.717) is 5.57 Å². The van der Waals surface area contributed by atoms with E-state index in [1.165, 1.54) is 6.08 Å². The van der Waals surface area contributed by atoms with Gasteiger partial charge in [-0.05, 0) is 0 Å². The lowest BCUT2D eigenvalue weighted by Gasteiger charge is -2.27. The summed E-state index contributed by atoms with van der Waals surface area (Å²) in [6, 6.07) is -0.768. The molecular formula is C10H17N3O4. The molecule has 7 nitrogen and oxygen atoms in total. The summed E-state index contributed by atoms with van der Waals surface area (Å²) >= 11 is 0. The molecule has 1 rings (SSSR count). The minimum atomic E-state index is -1.06. The Morgan fingerprint density at radius 3 is 2.65 bits per heavy atom. The molecule has 1 aliphatic rings. The van der Waals surface area contributed by atoms with Crippen LogP contribution in [0.5, 0.6) is 0 Å². The normalized spacial score (nSPS) is 28.4. The Morgan fingerprint density at radius 2 is 2.12 bits per heavy atom. The third-order valence-electron chi connectivity index (χ3n) is 2.56. The average molecular weight is 243 g/mol. The quantitative estimate of drug-likeness (QED) is 0.367. The summed E-state index contributed by atoms with van der Waals surface area (Å²) in [7, 11) is 0. The van der Waals surface area contributed by atoms with Crippen LogP contribution in [0.2, 0.25) is 0 Å². The van der Waals surface area contributed by atoms with Crippen LogP contribution in [0, 0.1) is 0 Å². The Morgan fingerprint density at radius 1 is 1.47 bits per heavy atom. The molecule has 7 heteroatoms. The zero-order valence-electron chi connectivity index (χ0n) is 9.30. The van der Waals surface area contributed by atoms with Gasteiger partial charge in [-0.2, -0.15) is 0 Å². The van der Waals surface area contributed by atoms with Crippen molar-refractivity contribution in [2.45, 2.75) is 31.1 Å². The lowest BCUT2D eigenvalue weighted by molar-refractivity contribution is -0.119. The number of primary amides is 1. The number of rotatable bonds is 4. The van der Waals surface area contributed by atoms with Gasteiger partial charge in [-0.3, -0.25) is 9.59 Å². The molecule has 0 bridgehead atoms. The van der Waals surface area contributed by atoms with Crippen LogP contribution in [0.3, 0.4) is 0 Å². The largest absolute Gasteiger partial charge is 0.390 e. The van der Waals surface area contributed by atoms with Crippen molar-refractivity contribution in [3.63, 3.8) is 0 Å². The van der Waals surface area contributed by atoms with Gasteiger partial charge < -0.3 is 27.0 Å². The second-order valence-electron chi connectivity index (χ2n) is 4.00. The lowest BCUT2D eigenvalue weighted by atomic mass is 9.90. The Balaban J connectivity index is 2.52. The number of nitrogens with two attached hydrogens (primary N) is 2. The molecule has 0 spiro atoms. The van der Waals surface area contributed by atoms with Gasteiger partial charge in [0.2, 0.25) is 11.8 Å². The molecule has 3 atom stereocenters. The highest BCUT2D eigenvalue weighted by Gasteiger charge is 2.30. The molecule has 17 heavy (non-hydrogen) atoms. The first kappa shape index (κ1) is 13.6. The fourth-order valence-corrected chi connectivity index (χ4v) is 1.58. The van der Waals surface area contributed by atoms with Gasteiger partial charge >= 0.3 is 0 Å². The lowest BCUT2D eigenvalue weighted by Crippen LogP contribution is -2.46. The average Bonchev–Trinajstić information content (AvgIpc) is 2.24. The summed E-state index contributed by atoms with van der Waals surface area (Å²) < 4.78 is 0. The molecule has 7 N–H and O–H groups in total. The molecular weight excluding hydrogens is 226 g/mol. The summed E-state index contributed by atoms with van der Waals surface area (Å²) in [6.07, 6.45) is -0.603. The van der Waals surface area contributed by atoms with Crippen molar-refractivity contribution in [2.75, 3.05) is 6.54 Å². The topological polar surface area (TPSA) is 139 Å². The van der Waals surface area contributed by atoms with E-state index in [1.807, 2.05) is 0 Å². The molecule has 0 unspecified atom stereocenters. The van der Waals surface area contributed by atoms with Crippen molar-refractivity contribution in [2.24, 2.45) is 11.5 Å². The van der Waals surface area contributed by atoms with Gasteiger partial charge in [0.1, 0.15) is 0 Å². The summed E-state index contributed by atoms with van der Waals surface area (Å²) in [4.78, 5) is 22.1. The van der Waals surface area contributed by atoms with Crippen LogP contribution >= 0.6 is 0 Å². The van der Waals surface area contributed by atoms with E-state index >= 15 is 0 Å². The van der Waals surface area contributed by atoms with Gasteiger partial charge in [-0.15, -0.1) is 0 Å². The second-order valence-corrected chi connectivity index (χ2v) is 4.00. The van der Waals surface area contributed by atoms with Crippen LogP contribution in [0.4, 0.5) is 0 Å². The fraction of sp³-hybridized carbons (Fsp3) is 0.600. The number of carbonyl (C=O) groups excluding carboxylic acids is 2. The Kier molecular flexibility index (Phi) is 4.62. The molecule has 2 amide bonds. The summed E-state index contributed by atoms with van der Waals surface area (Å²) in [5.74, 6) is -0.914.